The van der Waals surface area contributed by atoms with Crippen molar-refractivity contribution in [3.8, 4) is 11.1 Å². The molecule has 0 unspecified atom stereocenters. The lowest BCUT2D eigenvalue weighted by Gasteiger charge is -2.02. The van der Waals surface area contributed by atoms with Crippen molar-refractivity contribution in [2.24, 2.45) is 0 Å². The monoisotopic (exact) mass is 256 g/mol. The summed E-state index contributed by atoms with van der Waals surface area (Å²) in [6.07, 6.45) is 5.41. The number of hydrogen-bond donors (Lipinski definition) is 1. The summed E-state index contributed by atoms with van der Waals surface area (Å²) in [5.74, 6) is 0. The number of fused-ring (bicyclic) bond motifs is 1. The van der Waals surface area contributed by atoms with Crippen LogP contribution in [0.5, 0.6) is 0 Å². The zero-order chi connectivity index (χ0) is 12.5. The number of pyridine rings is 2. The number of imidazole rings is 1. The molecule has 0 aromatic carbocycles. The second-order valence-corrected chi connectivity index (χ2v) is 4.39. The molecule has 3 rings (SSSR count). The minimum atomic E-state index is 0.715. The molecule has 0 saturated carbocycles. The van der Waals surface area contributed by atoms with Crippen LogP contribution in [0.2, 0.25) is 0 Å². The molecular formula is C13H12N4S. The molecule has 0 spiro atoms. The molecule has 3 heterocycles. The molecular weight excluding hydrogens is 244 g/mol. The highest BCUT2D eigenvalue weighted by molar-refractivity contribution is 7.71. The summed E-state index contributed by atoms with van der Waals surface area (Å²) < 4.78 is 2.76. The first-order chi connectivity index (χ1) is 8.79. The smallest absolute Gasteiger partial charge is 0.179 e. The van der Waals surface area contributed by atoms with Gasteiger partial charge in [0.1, 0.15) is 0 Å². The summed E-state index contributed by atoms with van der Waals surface area (Å²) >= 11 is 5.27. The van der Waals surface area contributed by atoms with Gasteiger partial charge in [-0.1, -0.05) is 0 Å². The van der Waals surface area contributed by atoms with Crippen molar-refractivity contribution in [1.82, 2.24) is 19.5 Å². The van der Waals surface area contributed by atoms with Gasteiger partial charge in [0.15, 0.2) is 10.4 Å². The molecule has 0 bridgehead atoms. The number of nitrogens with zero attached hydrogens (tertiary/aromatic N) is 3. The molecule has 5 heteroatoms. The summed E-state index contributed by atoms with van der Waals surface area (Å²) in [6.45, 7) is 2.91. The van der Waals surface area contributed by atoms with Crippen LogP contribution >= 0.6 is 12.2 Å². The molecule has 0 amide bonds. The second kappa shape index (κ2) is 4.34. The van der Waals surface area contributed by atoms with Crippen LogP contribution in [-0.2, 0) is 6.54 Å². The number of rotatable bonds is 2. The van der Waals surface area contributed by atoms with Gasteiger partial charge in [-0.05, 0) is 42.9 Å². The fraction of sp³-hybridized carbons (Fsp3) is 0.154. The highest BCUT2D eigenvalue weighted by Gasteiger charge is 2.06. The lowest BCUT2D eigenvalue weighted by Crippen LogP contribution is -1.93. The maximum Gasteiger partial charge on any atom is 0.179 e. The van der Waals surface area contributed by atoms with Crippen LogP contribution < -0.4 is 0 Å². The van der Waals surface area contributed by atoms with Gasteiger partial charge < -0.3 is 9.55 Å². The van der Waals surface area contributed by atoms with Gasteiger partial charge in [-0.25, -0.2) is 4.98 Å². The van der Waals surface area contributed by atoms with Gasteiger partial charge >= 0.3 is 0 Å². The minimum absolute atomic E-state index is 0.715. The Morgan fingerprint density at radius 2 is 2.06 bits per heavy atom. The Labute approximate surface area is 109 Å². The largest absolute Gasteiger partial charge is 0.316 e. The highest BCUT2D eigenvalue weighted by atomic mass is 32.1. The fourth-order valence-corrected chi connectivity index (χ4v) is 2.37. The summed E-state index contributed by atoms with van der Waals surface area (Å²) in [5, 5.41) is 0. The van der Waals surface area contributed by atoms with Crippen molar-refractivity contribution in [1.29, 1.82) is 0 Å². The van der Waals surface area contributed by atoms with E-state index in [1.54, 1.807) is 12.4 Å². The molecule has 0 aliphatic heterocycles. The molecule has 0 saturated heterocycles. The summed E-state index contributed by atoms with van der Waals surface area (Å²) in [7, 11) is 0. The quantitative estimate of drug-likeness (QED) is 0.716. The first kappa shape index (κ1) is 11.1. The van der Waals surface area contributed by atoms with Crippen molar-refractivity contribution in [3.05, 3.63) is 41.6 Å². The molecule has 0 atom stereocenters. The molecule has 0 aliphatic rings. The normalized spacial score (nSPS) is 10.9. The van der Waals surface area contributed by atoms with E-state index in [0.29, 0.717) is 4.77 Å². The molecule has 0 radical (unpaired) electrons. The number of aryl methyl sites for hydroxylation is 1. The third-order valence-corrected chi connectivity index (χ3v) is 3.28. The molecule has 1 N–H and O–H groups in total. The molecule has 4 nitrogen and oxygen atoms in total. The van der Waals surface area contributed by atoms with Crippen molar-refractivity contribution in [2.45, 2.75) is 13.5 Å². The van der Waals surface area contributed by atoms with E-state index in [2.05, 4.69) is 27.9 Å². The predicted octanol–water partition coefficient (Wildman–Crippen LogP) is 3.18. The van der Waals surface area contributed by atoms with E-state index in [4.69, 9.17) is 12.2 Å². The van der Waals surface area contributed by atoms with E-state index in [0.717, 1.165) is 28.8 Å². The number of nitrogens with one attached hydrogen (secondary N) is 1. The van der Waals surface area contributed by atoms with Gasteiger partial charge in [0, 0.05) is 30.7 Å². The molecule has 18 heavy (non-hydrogen) atoms. The molecule has 3 aromatic heterocycles. The maximum atomic E-state index is 5.27. The lowest BCUT2D eigenvalue weighted by atomic mass is 10.1. The van der Waals surface area contributed by atoms with Crippen LogP contribution in [0.4, 0.5) is 0 Å². The second-order valence-electron chi connectivity index (χ2n) is 4.00. The van der Waals surface area contributed by atoms with Crippen molar-refractivity contribution in [2.75, 3.05) is 0 Å². The topological polar surface area (TPSA) is 46.5 Å². The van der Waals surface area contributed by atoms with Gasteiger partial charge in [0.2, 0.25) is 0 Å². The van der Waals surface area contributed by atoms with Crippen LogP contribution in [0.3, 0.4) is 0 Å². The van der Waals surface area contributed by atoms with E-state index < -0.39 is 0 Å². The van der Waals surface area contributed by atoms with E-state index in [9.17, 15) is 0 Å². The van der Waals surface area contributed by atoms with Gasteiger partial charge in [-0.3, -0.25) is 4.98 Å². The van der Waals surface area contributed by atoms with E-state index in [-0.39, 0.29) is 0 Å². The first-order valence-corrected chi connectivity index (χ1v) is 6.19. The third kappa shape index (κ3) is 1.73. The average Bonchev–Trinajstić information content (AvgIpc) is 2.74. The van der Waals surface area contributed by atoms with Gasteiger partial charge in [-0.2, -0.15) is 0 Å². The minimum Gasteiger partial charge on any atom is -0.316 e. The van der Waals surface area contributed by atoms with Crippen LogP contribution in [0.25, 0.3) is 22.3 Å². The Morgan fingerprint density at radius 3 is 2.78 bits per heavy atom. The Kier molecular flexibility index (Phi) is 2.68. The van der Waals surface area contributed by atoms with E-state index in [1.165, 1.54) is 0 Å². The molecule has 90 valence electrons. The van der Waals surface area contributed by atoms with E-state index >= 15 is 0 Å². The van der Waals surface area contributed by atoms with Crippen molar-refractivity contribution >= 4 is 23.4 Å². The Bertz CT molecular complexity index is 743. The summed E-state index contributed by atoms with van der Waals surface area (Å²) in [6, 6.07) is 6.05. The number of aromatic amines is 1. The maximum absolute atomic E-state index is 5.27. The zero-order valence-corrected chi connectivity index (χ0v) is 10.7. The summed E-state index contributed by atoms with van der Waals surface area (Å²) in [5.41, 5.74) is 4.05. The molecule has 0 fully saturated rings. The van der Waals surface area contributed by atoms with Crippen molar-refractivity contribution < 1.29 is 0 Å². The van der Waals surface area contributed by atoms with Crippen molar-refractivity contribution in [3.63, 3.8) is 0 Å². The Morgan fingerprint density at radius 1 is 1.28 bits per heavy atom. The lowest BCUT2D eigenvalue weighted by molar-refractivity contribution is 0.774. The predicted molar refractivity (Wildman–Crippen MR) is 73.8 cm³/mol. The summed E-state index contributed by atoms with van der Waals surface area (Å²) in [4.78, 5) is 11.6. The van der Waals surface area contributed by atoms with Crippen LogP contribution in [-0.4, -0.2) is 19.5 Å². The Hall–Kier alpha value is -2.01. The number of H-pyrrole nitrogens is 1. The number of hydrogen-bond acceptors (Lipinski definition) is 3. The molecule has 0 aliphatic carbocycles. The van der Waals surface area contributed by atoms with Gasteiger partial charge in [0.05, 0.1) is 5.52 Å². The van der Waals surface area contributed by atoms with Gasteiger partial charge in [0.25, 0.3) is 0 Å². The SMILES string of the molecule is CCn1c(=S)[nH]c2ncc(-c3ccncc3)cc21. The zero-order valence-electron chi connectivity index (χ0n) is 9.92. The number of aromatic nitrogens is 4. The van der Waals surface area contributed by atoms with E-state index in [1.807, 2.05) is 22.9 Å². The van der Waals surface area contributed by atoms with Gasteiger partial charge in [-0.15, -0.1) is 0 Å². The average molecular weight is 256 g/mol. The molecule has 3 aromatic rings. The fourth-order valence-electron chi connectivity index (χ4n) is 2.05. The van der Waals surface area contributed by atoms with Crippen LogP contribution in [0.15, 0.2) is 36.8 Å². The van der Waals surface area contributed by atoms with Crippen LogP contribution in [0.1, 0.15) is 6.92 Å². The third-order valence-electron chi connectivity index (χ3n) is 2.96. The first-order valence-electron chi connectivity index (χ1n) is 5.78. The Balaban J connectivity index is 2.25. The van der Waals surface area contributed by atoms with Crippen LogP contribution in [0, 0.1) is 4.77 Å². The highest BCUT2D eigenvalue weighted by Crippen LogP contribution is 2.22. The standard InChI is InChI=1S/C13H12N4S/c1-2-17-11-7-10(9-3-5-14-6-4-9)8-15-12(11)16-13(17)18/h3-8H,2H2,1H3,(H,15,16,18).